The number of ether oxygens (including phenoxy) is 2. The first-order chi connectivity index (χ1) is 12.2. The Bertz CT molecular complexity index is 689. The van der Waals surface area contributed by atoms with Crippen molar-refractivity contribution < 1.29 is 14.3 Å². The average Bonchev–Trinajstić information content (AvgIpc) is 3.20. The molecule has 2 atom stereocenters. The van der Waals surface area contributed by atoms with Crippen molar-refractivity contribution in [3.8, 4) is 5.75 Å². The van der Waals surface area contributed by atoms with Crippen molar-refractivity contribution in [2.45, 2.75) is 38.5 Å². The maximum Gasteiger partial charge on any atom is 0.251 e. The van der Waals surface area contributed by atoms with Gasteiger partial charge in [0.25, 0.3) is 5.91 Å². The maximum atomic E-state index is 12.7. The molecule has 0 bridgehead atoms. The van der Waals surface area contributed by atoms with Crippen LogP contribution < -0.4 is 4.74 Å². The second-order valence-electron chi connectivity index (χ2n) is 6.26. The largest absolute Gasteiger partial charge is 0.497 e. The van der Waals surface area contributed by atoms with Crippen molar-refractivity contribution in [2.75, 3.05) is 20.2 Å². The van der Waals surface area contributed by atoms with Crippen LogP contribution in [0.25, 0.3) is 0 Å². The van der Waals surface area contributed by atoms with Gasteiger partial charge in [-0.15, -0.1) is 0 Å². The Hall–Kier alpha value is -2.41. The summed E-state index contributed by atoms with van der Waals surface area (Å²) in [6.45, 7) is 3.60. The van der Waals surface area contributed by atoms with Gasteiger partial charge < -0.3 is 14.4 Å². The van der Waals surface area contributed by atoms with E-state index in [1.54, 1.807) is 13.4 Å². The van der Waals surface area contributed by atoms with E-state index in [0.29, 0.717) is 13.2 Å². The molecule has 3 rings (SSSR count). The second kappa shape index (κ2) is 8.11. The van der Waals surface area contributed by atoms with Gasteiger partial charge in [0.15, 0.2) is 0 Å². The van der Waals surface area contributed by atoms with E-state index in [1.807, 2.05) is 40.8 Å². The molecule has 1 saturated heterocycles. The Balaban J connectivity index is 1.54. The van der Waals surface area contributed by atoms with Crippen molar-refractivity contribution in [1.82, 2.24) is 19.7 Å². The molecule has 7 nitrogen and oxygen atoms in total. The zero-order valence-corrected chi connectivity index (χ0v) is 14.7. The van der Waals surface area contributed by atoms with Crippen LogP contribution in [0.15, 0.2) is 36.9 Å². The minimum absolute atomic E-state index is 0.0210. The molecule has 0 N–H and O–H groups in total. The van der Waals surface area contributed by atoms with Crippen LogP contribution in [-0.4, -0.2) is 51.9 Å². The normalized spacial score (nSPS) is 18.8. The first-order valence-corrected chi connectivity index (χ1v) is 8.55. The number of carbonyl (C=O) groups excluding carboxylic acids is 1. The number of rotatable bonds is 6. The Kier molecular flexibility index (Phi) is 5.65. The lowest BCUT2D eigenvalue weighted by Crippen LogP contribution is -2.45. The van der Waals surface area contributed by atoms with E-state index in [1.165, 1.54) is 6.33 Å². The molecule has 1 fully saturated rings. The Morgan fingerprint density at radius 1 is 1.44 bits per heavy atom. The molecule has 1 amide bonds. The lowest BCUT2D eigenvalue weighted by molar-refractivity contribution is -0.145. The quantitative estimate of drug-likeness (QED) is 0.802. The third-order valence-electron chi connectivity index (χ3n) is 4.50. The fraction of sp³-hybridized carbons (Fsp3) is 0.500. The molecule has 2 unspecified atom stereocenters. The van der Waals surface area contributed by atoms with E-state index in [-0.39, 0.29) is 11.9 Å². The Morgan fingerprint density at radius 3 is 3.08 bits per heavy atom. The van der Waals surface area contributed by atoms with Crippen LogP contribution in [0.1, 0.15) is 31.4 Å². The van der Waals surface area contributed by atoms with Crippen molar-refractivity contribution >= 4 is 5.91 Å². The molecule has 1 aromatic carbocycles. The number of likely N-dealkylation sites (tertiary alicyclic amines) is 1. The van der Waals surface area contributed by atoms with Crippen molar-refractivity contribution in [3.05, 3.63) is 42.5 Å². The van der Waals surface area contributed by atoms with Gasteiger partial charge in [0.2, 0.25) is 0 Å². The van der Waals surface area contributed by atoms with Gasteiger partial charge in [-0.05, 0) is 37.5 Å². The molecule has 0 spiro atoms. The van der Waals surface area contributed by atoms with Gasteiger partial charge in [-0.1, -0.05) is 12.1 Å². The molecule has 2 aromatic rings. The number of nitrogens with zero attached hydrogens (tertiary/aromatic N) is 4. The summed E-state index contributed by atoms with van der Waals surface area (Å²) in [5, 5.41) is 4.20. The van der Waals surface area contributed by atoms with Crippen molar-refractivity contribution in [3.63, 3.8) is 0 Å². The molecule has 1 aliphatic heterocycles. The first-order valence-electron chi connectivity index (χ1n) is 8.55. The second-order valence-corrected chi connectivity index (χ2v) is 6.26. The molecule has 134 valence electrons. The zero-order chi connectivity index (χ0) is 17.6. The molecular formula is C18H24N4O3. The highest BCUT2D eigenvalue weighted by Gasteiger charge is 2.28. The lowest BCUT2D eigenvalue weighted by Gasteiger charge is -2.34. The molecule has 2 heterocycles. The number of piperidine rings is 1. The summed E-state index contributed by atoms with van der Waals surface area (Å²) >= 11 is 0. The third kappa shape index (κ3) is 4.36. The summed E-state index contributed by atoms with van der Waals surface area (Å²) in [6.07, 6.45) is 4.72. The van der Waals surface area contributed by atoms with Crippen LogP contribution in [0.4, 0.5) is 0 Å². The number of benzene rings is 1. The highest BCUT2D eigenvalue weighted by Crippen LogP contribution is 2.21. The maximum absolute atomic E-state index is 12.7. The predicted octanol–water partition coefficient (Wildman–Crippen LogP) is 2.06. The monoisotopic (exact) mass is 344 g/mol. The average molecular weight is 344 g/mol. The zero-order valence-electron chi connectivity index (χ0n) is 14.7. The molecule has 1 aromatic heterocycles. The number of hydrogen-bond donors (Lipinski definition) is 0. The fourth-order valence-electron chi connectivity index (χ4n) is 3.09. The van der Waals surface area contributed by atoms with E-state index >= 15 is 0 Å². The van der Waals surface area contributed by atoms with Gasteiger partial charge in [-0.2, -0.15) is 5.10 Å². The standard InChI is InChI=1S/C18H24N4O3/c1-14(25-11-15-5-3-7-17(9-15)24-2)18(23)21-8-4-6-16(10-21)22-13-19-12-20-22/h3,5,7,9,12-14,16H,4,6,8,10-11H2,1-2H3. The topological polar surface area (TPSA) is 69.5 Å². The number of aromatic nitrogens is 3. The van der Waals surface area contributed by atoms with Gasteiger partial charge in [-0.25, -0.2) is 9.67 Å². The summed E-state index contributed by atoms with van der Waals surface area (Å²) in [4.78, 5) is 18.5. The van der Waals surface area contributed by atoms with Crippen LogP contribution in [0, 0.1) is 0 Å². The highest BCUT2D eigenvalue weighted by atomic mass is 16.5. The van der Waals surface area contributed by atoms with Gasteiger partial charge in [0.05, 0.1) is 19.8 Å². The van der Waals surface area contributed by atoms with Crippen LogP contribution in [-0.2, 0) is 16.1 Å². The summed E-state index contributed by atoms with van der Waals surface area (Å²) in [7, 11) is 1.63. The van der Waals surface area contributed by atoms with Crippen LogP contribution in [0.2, 0.25) is 0 Å². The van der Waals surface area contributed by atoms with Gasteiger partial charge in [0, 0.05) is 13.1 Å². The summed E-state index contributed by atoms with van der Waals surface area (Å²) in [6, 6.07) is 7.86. The molecule has 0 saturated carbocycles. The van der Waals surface area contributed by atoms with Crippen LogP contribution in [0.5, 0.6) is 5.75 Å². The van der Waals surface area contributed by atoms with Crippen molar-refractivity contribution in [1.29, 1.82) is 0 Å². The number of hydrogen-bond acceptors (Lipinski definition) is 5. The molecule has 0 radical (unpaired) electrons. The van der Waals surface area contributed by atoms with E-state index < -0.39 is 6.10 Å². The number of methoxy groups -OCH3 is 1. The van der Waals surface area contributed by atoms with E-state index in [9.17, 15) is 4.79 Å². The molecular weight excluding hydrogens is 320 g/mol. The molecule has 25 heavy (non-hydrogen) atoms. The number of amides is 1. The predicted molar refractivity (Wildman–Crippen MR) is 92.1 cm³/mol. The van der Waals surface area contributed by atoms with E-state index in [2.05, 4.69) is 10.1 Å². The SMILES string of the molecule is COc1cccc(COC(C)C(=O)N2CCCC(n3cncn3)C2)c1. The summed E-state index contributed by atoms with van der Waals surface area (Å²) < 4.78 is 12.8. The van der Waals surface area contributed by atoms with Crippen LogP contribution in [0.3, 0.4) is 0 Å². The van der Waals surface area contributed by atoms with E-state index in [0.717, 1.165) is 30.7 Å². The minimum Gasteiger partial charge on any atom is -0.497 e. The molecule has 0 aliphatic carbocycles. The van der Waals surface area contributed by atoms with Crippen LogP contribution >= 0.6 is 0 Å². The summed E-state index contributed by atoms with van der Waals surface area (Å²) in [5.74, 6) is 0.805. The minimum atomic E-state index is -0.485. The Labute approximate surface area is 147 Å². The van der Waals surface area contributed by atoms with Gasteiger partial charge in [-0.3, -0.25) is 4.79 Å². The smallest absolute Gasteiger partial charge is 0.251 e. The van der Waals surface area contributed by atoms with Gasteiger partial charge >= 0.3 is 0 Å². The van der Waals surface area contributed by atoms with Gasteiger partial charge in [0.1, 0.15) is 24.5 Å². The third-order valence-corrected chi connectivity index (χ3v) is 4.50. The number of carbonyl (C=O) groups is 1. The molecule has 7 heteroatoms. The Morgan fingerprint density at radius 2 is 2.32 bits per heavy atom. The fourth-order valence-corrected chi connectivity index (χ4v) is 3.09. The first kappa shape index (κ1) is 17.4. The van der Waals surface area contributed by atoms with Crippen molar-refractivity contribution in [2.24, 2.45) is 0 Å². The highest BCUT2D eigenvalue weighted by molar-refractivity contribution is 5.80. The van der Waals surface area contributed by atoms with E-state index in [4.69, 9.17) is 9.47 Å². The lowest BCUT2D eigenvalue weighted by atomic mass is 10.1. The summed E-state index contributed by atoms with van der Waals surface area (Å²) in [5.41, 5.74) is 0.984. The molecule has 1 aliphatic rings.